The zero-order valence-corrected chi connectivity index (χ0v) is 11.8. The van der Waals surface area contributed by atoms with Crippen molar-refractivity contribution in [1.29, 1.82) is 0 Å². The van der Waals surface area contributed by atoms with E-state index in [1.807, 2.05) is 0 Å². The number of benzene rings is 1. The number of nitrogens with one attached hydrogen (secondary N) is 1. The Balaban J connectivity index is 2.49. The molecule has 0 bridgehead atoms. The molecule has 0 aromatic heterocycles. The van der Waals surface area contributed by atoms with E-state index < -0.39 is 5.97 Å². The van der Waals surface area contributed by atoms with Crippen LogP contribution < -0.4 is 5.32 Å². The van der Waals surface area contributed by atoms with Crippen molar-refractivity contribution in [3.63, 3.8) is 0 Å². The second-order valence-corrected chi connectivity index (χ2v) is 4.34. The molecule has 0 aliphatic rings. The number of hydrogen-bond donors (Lipinski definition) is 1. The number of halogens is 2. The molecule has 0 aliphatic heterocycles. The van der Waals surface area contributed by atoms with Crippen LogP contribution in [-0.4, -0.2) is 25.0 Å². The summed E-state index contributed by atoms with van der Waals surface area (Å²) in [6.07, 6.45) is 2.88. The van der Waals surface area contributed by atoms with Gasteiger partial charge >= 0.3 is 5.97 Å². The number of amides is 1. The lowest BCUT2D eigenvalue weighted by Crippen LogP contribution is -2.29. The van der Waals surface area contributed by atoms with E-state index in [2.05, 4.69) is 10.1 Å². The third-order valence-corrected chi connectivity index (χ3v) is 2.82. The summed E-state index contributed by atoms with van der Waals surface area (Å²) in [5.74, 6) is -0.863. The Kier molecular flexibility index (Phi) is 6.39. The highest BCUT2D eigenvalue weighted by molar-refractivity contribution is 6.42. The van der Waals surface area contributed by atoms with Crippen molar-refractivity contribution in [2.75, 3.05) is 13.2 Å². The standard InChI is InChI=1S/C13H13Cl2NO3/c1-2-19-13(18)8-16-12(17)6-4-9-3-5-10(14)11(15)7-9/h3-7H,2,8H2,1H3,(H,16,17)/b6-4+. The smallest absolute Gasteiger partial charge is 0.325 e. The highest BCUT2D eigenvalue weighted by Crippen LogP contribution is 2.22. The molecule has 102 valence electrons. The third-order valence-electron chi connectivity index (χ3n) is 2.08. The van der Waals surface area contributed by atoms with Crippen molar-refractivity contribution >= 4 is 41.2 Å². The van der Waals surface area contributed by atoms with Crippen molar-refractivity contribution in [2.45, 2.75) is 6.92 Å². The van der Waals surface area contributed by atoms with Crippen LogP contribution in [0.25, 0.3) is 6.08 Å². The van der Waals surface area contributed by atoms with Crippen LogP contribution in [0.3, 0.4) is 0 Å². The number of hydrogen-bond acceptors (Lipinski definition) is 3. The second-order valence-electron chi connectivity index (χ2n) is 3.53. The molecule has 0 aliphatic carbocycles. The lowest BCUT2D eigenvalue weighted by atomic mass is 10.2. The molecule has 0 fully saturated rings. The maximum Gasteiger partial charge on any atom is 0.325 e. The maximum atomic E-state index is 11.4. The summed E-state index contributed by atoms with van der Waals surface area (Å²) in [4.78, 5) is 22.4. The molecule has 0 atom stereocenters. The van der Waals surface area contributed by atoms with Gasteiger partial charge in [0.25, 0.3) is 0 Å². The van der Waals surface area contributed by atoms with Crippen LogP contribution >= 0.6 is 23.2 Å². The van der Waals surface area contributed by atoms with Gasteiger partial charge in [-0.05, 0) is 30.7 Å². The molecule has 1 aromatic rings. The Morgan fingerprint density at radius 3 is 2.68 bits per heavy atom. The van der Waals surface area contributed by atoms with Crippen LogP contribution in [0.2, 0.25) is 10.0 Å². The van der Waals surface area contributed by atoms with Gasteiger partial charge in [0.15, 0.2) is 0 Å². The van der Waals surface area contributed by atoms with Crippen LogP contribution in [0.15, 0.2) is 24.3 Å². The lowest BCUT2D eigenvalue weighted by Gasteiger charge is -2.02. The molecule has 0 saturated heterocycles. The number of ether oxygens (including phenoxy) is 1. The molecule has 1 aromatic carbocycles. The first-order chi connectivity index (χ1) is 9.02. The number of esters is 1. The highest BCUT2D eigenvalue weighted by atomic mass is 35.5. The SMILES string of the molecule is CCOC(=O)CNC(=O)/C=C/c1ccc(Cl)c(Cl)c1. The molecule has 1 amide bonds. The fourth-order valence-corrected chi connectivity index (χ4v) is 1.52. The Bertz CT molecular complexity index is 501. The summed E-state index contributed by atoms with van der Waals surface area (Å²) in [5, 5.41) is 3.27. The first-order valence-corrected chi connectivity index (χ1v) is 6.35. The molecule has 0 saturated carbocycles. The molecule has 1 rings (SSSR count). The van der Waals surface area contributed by atoms with Gasteiger partial charge in [-0.25, -0.2) is 0 Å². The molecule has 19 heavy (non-hydrogen) atoms. The summed E-state index contributed by atoms with van der Waals surface area (Å²) in [7, 11) is 0. The Morgan fingerprint density at radius 2 is 2.05 bits per heavy atom. The molecule has 0 radical (unpaired) electrons. The van der Waals surface area contributed by atoms with Gasteiger partial charge in [-0.3, -0.25) is 9.59 Å². The predicted octanol–water partition coefficient (Wildman–Crippen LogP) is 2.69. The summed E-state index contributed by atoms with van der Waals surface area (Å²) in [5.41, 5.74) is 0.737. The van der Waals surface area contributed by atoms with Crippen LogP contribution in [0.4, 0.5) is 0 Å². The van der Waals surface area contributed by atoms with E-state index in [9.17, 15) is 9.59 Å². The zero-order chi connectivity index (χ0) is 14.3. The second kappa shape index (κ2) is 7.81. The summed E-state index contributed by atoms with van der Waals surface area (Å²) in [6.45, 7) is 1.83. The molecule has 4 nitrogen and oxygen atoms in total. The summed E-state index contributed by atoms with van der Waals surface area (Å²) < 4.78 is 4.67. The van der Waals surface area contributed by atoms with E-state index >= 15 is 0 Å². The highest BCUT2D eigenvalue weighted by Gasteiger charge is 2.03. The van der Waals surface area contributed by atoms with Crippen LogP contribution in [0.5, 0.6) is 0 Å². The van der Waals surface area contributed by atoms with Gasteiger partial charge in [0, 0.05) is 6.08 Å². The molecular weight excluding hydrogens is 289 g/mol. The van der Waals surface area contributed by atoms with Crippen LogP contribution in [-0.2, 0) is 14.3 Å². The minimum atomic E-state index is -0.473. The minimum absolute atomic E-state index is 0.154. The van der Waals surface area contributed by atoms with E-state index in [1.165, 1.54) is 6.08 Å². The largest absolute Gasteiger partial charge is 0.465 e. The normalized spacial score (nSPS) is 10.5. The van der Waals surface area contributed by atoms with Gasteiger partial charge in [-0.15, -0.1) is 0 Å². The Labute approximate surface area is 121 Å². The van der Waals surface area contributed by atoms with Gasteiger partial charge in [0.1, 0.15) is 6.54 Å². The fourth-order valence-electron chi connectivity index (χ4n) is 1.22. The van der Waals surface area contributed by atoms with Gasteiger partial charge < -0.3 is 10.1 Å². The lowest BCUT2D eigenvalue weighted by molar-refractivity contribution is -0.143. The van der Waals surface area contributed by atoms with E-state index in [1.54, 1.807) is 31.2 Å². The molecule has 0 heterocycles. The monoisotopic (exact) mass is 301 g/mol. The van der Waals surface area contributed by atoms with Crippen molar-refractivity contribution < 1.29 is 14.3 Å². The molecule has 6 heteroatoms. The number of carbonyl (C=O) groups excluding carboxylic acids is 2. The van der Waals surface area contributed by atoms with Gasteiger partial charge in [-0.2, -0.15) is 0 Å². The number of carbonyl (C=O) groups is 2. The zero-order valence-electron chi connectivity index (χ0n) is 10.3. The Morgan fingerprint density at radius 1 is 1.32 bits per heavy atom. The first-order valence-electron chi connectivity index (χ1n) is 5.59. The first kappa shape index (κ1) is 15.5. The van der Waals surface area contributed by atoms with Gasteiger partial charge in [0.05, 0.1) is 16.7 Å². The van der Waals surface area contributed by atoms with E-state index in [4.69, 9.17) is 23.2 Å². The van der Waals surface area contributed by atoms with Crippen molar-refractivity contribution in [3.05, 3.63) is 39.9 Å². The number of rotatable bonds is 5. The molecule has 0 spiro atoms. The fraction of sp³-hybridized carbons (Fsp3) is 0.231. The van der Waals surface area contributed by atoms with E-state index in [0.29, 0.717) is 10.0 Å². The van der Waals surface area contributed by atoms with Gasteiger partial charge in [0.2, 0.25) is 5.91 Å². The van der Waals surface area contributed by atoms with Crippen molar-refractivity contribution in [2.24, 2.45) is 0 Å². The average molecular weight is 302 g/mol. The van der Waals surface area contributed by atoms with Crippen LogP contribution in [0.1, 0.15) is 12.5 Å². The van der Waals surface area contributed by atoms with E-state index in [-0.39, 0.29) is 19.1 Å². The summed E-state index contributed by atoms with van der Waals surface area (Å²) >= 11 is 11.6. The quantitative estimate of drug-likeness (QED) is 0.672. The summed E-state index contributed by atoms with van der Waals surface area (Å²) in [6, 6.07) is 5.00. The molecular formula is C13H13Cl2NO3. The van der Waals surface area contributed by atoms with Gasteiger partial charge in [-0.1, -0.05) is 29.3 Å². The molecule has 0 unspecified atom stereocenters. The van der Waals surface area contributed by atoms with Crippen molar-refractivity contribution in [1.82, 2.24) is 5.32 Å². The maximum absolute atomic E-state index is 11.4. The minimum Gasteiger partial charge on any atom is -0.465 e. The van der Waals surface area contributed by atoms with E-state index in [0.717, 1.165) is 5.56 Å². The predicted molar refractivity (Wildman–Crippen MR) is 75.1 cm³/mol. The molecule has 1 N–H and O–H groups in total. The topological polar surface area (TPSA) is 55.4 Å². The van der Waals surface area contributed by atoms with Crippen molar-refractivity contribution in [3.8, 4) is 0 Å². The Hall–Kier alpha value is -1.52. The van der Waals surface area contributed by atoms with Crippen LogP contribution in [0, 0.1) is 0 Å². The third kappa shape index (κ3) is 5.77. The average Bonchev–Trinajstić information content (AvgIpc) is 2.38.